The highest BCUT2D eigenvalue weighted by Gasteiger charge is 2.41. The number of hydrogen-bond donors (Lipinski definition) is 1. The van der Waals surface area contributed by atoms with Crippen molar-refractivity contribution in [2.45, 2.75) is 50.7 Å². The van der Waals surface area contributed by atoms with Crippen molar-refractivity contribution < 1.29 is 4.74 Å². The van der Waals surface area contributed by atoms with Crippen LogP contribution in [0.3, 0.4) is 0 Å². The number of hydrogen-bond acceptors (Lipinski definition) is 2. The molecule has 0 spiro atoms. The Kier molecular flexibility index (Phi) is 5.43. The lowest BCUT2D eigenvalue weighted by molar-refractivity contribution is -0.0351. The van der Waals surface area contributed by atoms with Gasteiger partial charge in [-0.25, -0.2) is 0 Å². The summed E-state index contributed by atoms with van der Waals surface area (Å²) in [5, 5.41) is 3.64. The molecule has 2 nitrogen and oxygen atoms in total. The van der Waals surface area contributed by atoms with Gasteiger partial charge in [0.15, 0.2) is 0 Å². The van der Waals surface area contributed by atoms with Crippen molar-refractivity contribution in [3.8, 4) is 0 Å². The Balaban J connectivity index is 2.13. The van der Waals surface area contributed by atoms with E-state index >= 15 is 0 Å². The number of halogens is 1. The molecule has 1 aliphatic carbocycles. The van der Waals surface area contributed by atoms with Crippen molar-refractivity contribution in [1.29, 1.82) is 0 Å². The lowest BCUT2D eigenvalue weighted by Gasteiger charge is -2.37. The van der Waals surface area contributed by atoms with Crippen LogP contribution in [0.2, 0.25) is 0 Å². The van der Waals surface area contributed by atoms with Gasteiger partial charge in [0.05, 0.1) is 5.60 Å². The molecule has 1 atom stereocenters. The molecule has 1 aliphatic rings. The SMILES string of the molecule is CCNC(Cc1ccc(Br)cc1)C1(OC)CCCC1. The first-order chi connectivity index (χ1) is 9.20. The number of nitrogens with one attached hydrogen (secondary N) is 1. The van der Waals surface area contributed by atoms with E-state index in [2.05, 4.69) is 52.4 Å². The van der Waals surface area contributed by atoms with Gasteiger partial charge in [0, 0.05) is 17.6 Å². The molecule has 0 bridgehead atoms. The molecule has 1 unspecified atom stereocenters. The van der Waals surface area contributed by atoms with E-state index in [1.54, 1.807) is 0 Å². The van der Waals surface area contributed by atoms with Crippen molar-refractivity contribution >= 4 is 15.9 Å². The molecule has 1 aromatic rings. The topological polar surface area (TPSA) is 21.3 Å². The third-order valence-electron chi connectivity index (χ3n) is 4.30. The molecule has 0 saturated heterocycles. The Hall–Kier alpha value is -0.380. The van der Waals surface area contributed by atoms with E-state index in [0.717, 1.165) is 17.4 Å². The van der Waals surface area contributed by atoms with Crippen LogP contribution in [-0.2, 0) is 11.2 Å². The number of rotatable bonds is 6. The zero-order valence-electron chi connectivity index (χ0n) is 11.9. The number of likely N-dealkylation sites (N-methyl/N-ethyl adjacent to an activating group) is 1. The predicted molar refractivity (Wildman–Crippen MR) is 83.5 cm³/mol. The summed E-state index contributed by atoms with van der Waals surface area (Å²) in [6.07, 6.45) is 5.97. The van der Waals surface area contributed by atoms with Gasteiger partial charge in [-0.1, -0.05) is 47.8 Å². The van der Waals surface area contributed by atoms with Crippen LogP contribution in [0.5, 0.6) is 0 Å². The Bertz CT molecular complexity index is 384. The first kappa shape index (κ1) is 15.0. The minimum absolute atomic E-state index is 0.0308. The van der Waals surface area contributed by atoms with E-state index in [4.69, 9.17) is 4.74 Å². The maximum Gasteiger partial charge on any atom is 0.0834 e. The Morgan fingerprint density at radius 1 is 1.26 bits per heavy atom. The molecule has 106 valence electrons. The fourth-order valence-electron chi connectivity index (χ4n) is 3.22. The van der Waals surface area contributed by atoms with Crippen LogP contribution in [0.25, 0.3) is 0 Å². The largest absolute Gasteiger partial charge is 0.377 e. The standard InChI is InChI=1S/C16H24BrNO/c1-3-18-15(16(19-2)10-4-5-11-16)12-13-6-8-14(17)9-7-13/h6-9,15,18H,3-5,10-12H2,1-2H3. The molecule has 0 amide bonds. The van der Waals surface area contributed by atoms with E-state index < -0.39 is 0 Å². The minimum atomic E-state index is 0.0308. The summed E-state index contributed by atoms with van der Waals surface area (Å²) in [6, 6.07) is 9.05. The first-order valence-electron chi connectivity index (χ1n) is 7.23. The zero-order valence-corrected chi connectivity index (χ0v) is 13.5. The predicted octanol–water partition coefficient (Wildman–Crippen LogP) is 3.93. The third-order valence-corrected chi connectivity index (χ3v) is 4.82. The van der Waals surface area contributed by atoms with Crippen LogP contribution in [0, 0.1) is 0 Å². The van der Waals surface area contributed by atoms with Gasteiger partial charge in [-0.2, -0.15) is 0 Å². The van der Waals surface area contributed by atoms with Crippen molar-refractivity contribution in [2.24, 2.45) is 0 Å². The second kappa shape index (κ2) is 6.87. The second-order valence-electron chi connectivity index (χ2n) is 5.42. The summed E-state index contributed by atoms with van der Waals surface area (Å²) in [5.41, 5.74) is 1.40. The first-order valence-corrected chi connectivity index (χ1v) is 8.02. The molecule has 0 aliphatic heterocycles. The normalized spacial score (nSPS) is 19.5. The number of methoxy groups -OCH3 is 1. The monoisotopic (exact) mass is 325 g/mol. The summed E-state index contributed by atoms with van der Waals surface area (Å²) in [7, 11) is 1.87. The van der Waals surface area contributed by atoms with Crippen LogP contribution in [0.1, 0.15) is 38.2 Å². The maximum atomic E-state index is 5.94. The van der Waals surface area contributed by atoms with Crippen LogP contribution in [-0.4, -0.2) is 25.3 Å². The molecule has 1 saturated carbocycles. The fourth-order valence-corrected chi connectivity index (χ4v) is 3.48. The third kappa shape index (κ3) is 3.59. The highest BCUT2D eigenvalue weighted by molar-refractivity contribution is 9.10. The van der Waals surface area contributed by atoms with Gasteiger partial charge in [0.2, 0.25) is 0 Å². The van der Waals surface area contributed by atoms with Gasteiger partial charge in [-0.3, -0.25) is 0 Å². The van der Waals surface area contributed by atoms with Gasteiger partial charge < -0.3 is 10.1 Å². The van der Waals surface area contributed by atoms with E-state index in [1.807, 2.05) is 7.11 Å². The van der Waals surface area contributed by atoms with Crippen LogP contribution in [0.4, 0.5) is 0 Å². The maximum absolute atomic E-state index is 5.94. The highest BCUT2D eigenvalue weighted by Crippen LogP contribution is 2.36. The lowest BCUT2D eigenvalue weighted by Crippen LogP contribution is -2.51. The Labute approximate surface area is 125 Å². The molecule has 0 heterocycles. The van der Waals surface area contributed by atoms with Gasteiger partial charge in [0.25, 0.3) is 0 Å². The van der Waals surface area contributed by atoms with Gasteiger partial charge >= 0.3 is 0 Å². The average Bonchev–Trinajstić information content (AvgIpc) is 2.91. The van der Waals surface area contributed by atoms with Gasteiger partial charge in [-0.05, 0) is 43.5 Å². The average molecular weight is 326 g/mol. The molecule has 3 heteroatoms. The van der Waals surface area contributed by atoms with Crippen molar-refractivity contribution in [1.82, 2.24) is 5.32 Å². The molecule has 1 N–H and O–H groups in total. The Morgan fingerprint density at radius 3 is 2.42 bits per heavy atom. The van der Waals surface area contributed by atoms with E-state index in [9.17, 15) is 0 Å². The summed E-state index contributed by atoms with van der Waals surface area (Å²) >= 11 is 3.49. The summed E-state index contributed by atoms with van der Waals surface area (Å²) < 4.78 is 7.08. The quantitative estimate of drug-likeness (QED) is 0.855. The highest BCUT2D eigenvalue weighted by atomic mass is 79.9. The van der Waals surface area contributed by atoms with Crippen molar-refractivity contribution in [3.63, 3.8) is 0 Å². The van der Waals surface area contributed by atoms with E-state index in [0.29, 0.717) is 6.04 Å². The number of benzene rings is 1. The lowest BCUT2D eigenvalue weighted by atomic mass is 9.87. The van der Waals surface area contributed by atoms with Crippen LogP contribution in [0.15, 0.2) is 28.7 Å². The van der Waals surface area contributed by atoms with Gasteiger partial charge in [-0.15, -0.1) is 0 Å². The van der Waals surface area contributed by atoms with Gasteiger partial charge in [0.1, 0.15) is 0 Å². The summed E-state index contributed by atoms with van der Waals surface area (Å²) in [4.78, 5) is 0. The van der Waals surface area contributed by atoms with E-state index in [1.165, 1.54) is 31.2 Å². The molecular formula is C16H24BrNO. The van der Waals surface area contributed by atoms with Crippen LogP contribution < -0.4 is 5.32 Å². The molecule has 19 heavy (non-hydrogen) atoms. The molecule has 1 aromatic carbocycles. The number of ether oxygens (including phenoxy) is 1. The zero-order chi connectivity index (χ0) is 13.7. The van der Waals surface area contributed by atoms with Crippen molar-refractivity contribution in [3.05, 3.63) is 34.3 Å². The molecule has 0 radical (unpaired) electrons. The smallest absolute Gasteiger partial charge is 0.0834 e. The molecule has 2 rings (SSSR count). The molecule has 1 fully saturated rings. The van der Waals surface area contributed by atoms with E-state index in [-0.39, 0.29) is 5.60 Å². The summed E-state index contributed by atoms with van der Waals surface area (Å²) in [5.74, 6) is 0. The molecular weight excluding hydrogens is 302 g/mol. The Morgan fingerprint density at radius 2 is 1.89 bits per heavy atom. The fraction of sp³-hybridized carbons (Fsp3) is 0.625. The minimum Gasteiger partial charge on any atom is -0.377 e. The molecule has 0 aromatic heterocycles. The summed E-state index contributed by atoms with van der Waals surface area (Å²) in [6.45, 7) is 3.17. The van der Waals surface area contributed by atoms with Crippen molar-refractivity contribution in [2.75, 3.05) is 13.7 Å². The second-order valence-corrected chi connectivity index (χ2v) is 6.33. The van der Waals surface area contributed by atoms with Crippen LogP contribution >= 0.6 is 15.9 Å².